The monoisotopic (exact) mass is 425 g/mol. The maximum Gasteiger partial charge on any atom is 0.269 e. The van der Waals surface area contributed by atoms with E-state index in [0.717, 1.165) is 11.3 Å². The molecule has 1 aromatic heterocycles. The van der Waals surface area contributed by atoms with Crippen LogP contribution in [0.3, 0.4) is 0 Å². The van der Waals surface area contributed by atoms with Gasteiger partial charge in [0, 0.05) is 55.2 Å². The smallest absolute Gasteiger partial charge is 0.269 e. The Morgan fingerprint density at radius 2 is 1.77 bits per heavy atom. The number of benzene rings is 2. The summed E-state index contributed by atoms with van der Waals surface area (Å²) in [5, 5.41) is 15.8. The van der Waals surface area contributed by atoms with Crippen molar-refractivity contribution in [3.05, 3.63) is 87.2 Å². The first-order valence-corrected chi connectivity index (χ1v) is 9.93. The molecule has 0 saturated carbocycles. The second-order valence-corrected chi connectivity index (χ2v) is 7.48. The molecule has 1 aliphatic heterocycles. The standard InChI is InChI=1S/C21H20ClN5O3/c22-20-4-2-1-3-16(20)14-26-15-17(13-23-26)21(28)25-11-9-24(10-12-25)18-5-7-19(8-6-18)27(29)30/h1-8,13,15H,9-12,14H2. The number of nitro benzene ring substituents is 1. The van der Waals surface area contributed by atoms with Gasteiger partial charge in [-0.15, -0.1) is 0 Å². The fraction of sp³-hybridized carbons (Fsp3) is 0.238. The van der Waals surface area contributed by atoms with Crippen molar-refractivity contribution in [3.63, 3.8) is 0 Å². The van der Waals surface area contributed by atoms with Crippen LogP contribution in [0, 0.1) is 10.1 Å². The molecule has 0 radical (unpaired) electrons. The van der Waals surface area contributed by atoms with E-state index in [1.165, 1.54) is 12.1 Å². The van der Waals surface area contributed by atoms with Gasteiger partial charge in [-0.2, -0.15) is 5.10 Å². The third kappa shape index (κ3) is 4.28. The van der Waals surface area contributed by atoms with E-state index in [2.05, 4.69) is 10.00 Å². The highest BCUT2D eigenvalue weighted by Crippen LogP contribution is 2.21. The van der Waals surface area contributed by atoms with Gasteiger partial charge in [0.2, 0.25) is 0 Å². The molecule has 9 heteroatoms. The van der Waals surface area contributed by atoms with Crippen molar-refractivity contribution in [3.8, 4) is 0 Å². The molecule has 3 aromatic rings. The Morgan fingerprint density at radius 3 is 2.43 bits per heavy atom. The maximum atomic E-state index is 12.8. The Kier molecular flexibility index (Phi) is 5.67. The number of hydrogen-bond acceptors (Lipinski definition) is 5. The van der Waals surface area contributed by atoms with Crippen LogP contribution < -0.4 is 4.90 Å². The molecule has 154 valence electrons. The average Bonchev–Trinajstić information content (AvgIpc) is 3.23. The molecule has 2 aromatic carbocycles. The Hall–Kier alpha value is -3.39. The Bertz CT molecular complexity index is 1060. The topological polar surface area (TPSA) is 84.5 Å². The Morgan fingerprint density at radius 1 is 1.07 bits per heavy atom. The molecule has 1 amide bonds. The third-order valence-electron chi connectivity index (χ3n) is 5.16. The minimum atomic E-state index is -0.410. The summed E-state index contributed by atoms with van der Waals surface area (Å²) in [5.74, 6) is -0.0521. The summed E-state index contributed by atoms with van der Waals surface area (Å²) in [6, 6.07) is 14.0. The number of amides is 1. The summed E-state index contributed by atoms with van der Waals surface area (Å²) < 4.78 is 1.71. The number of hydrogen-bond donors (Lipinski definition) is 0. The molecule has 0 unspecified atom stereocenters. The normalized spacial score (nSPS) is 14.0. The van der Waals surface area contributed by atoms with E-state index in [0.29, 0.717) is 43.3 Å². The molecule has 1 fully saturated rings. The van der Waals surface area contributed by atoms with Crippen LogP contribution in [0.15, 0.2) is 60.9 Å². The highest BCUT2D eigenvalue weighted by atomic mass is 35.5. The lowest BCUT2D eigenvalue weighted by Crippen LogP contribution is -2.48. The molecule has 1 aliphatic rings. The fourth-order valence-electron chi connectivity index (χ4n) is 3.50. The number of aromatic nitrogens is 2. The number of non-ortho nitro benzene ring substituents is 1. The molecule has 8 nitrogen and oxygen atoms in total. The van der Waals surface area contributed by atoms with Gasteiger partial charge in [-0.1, -0.05) is 29.8 Å². The van der Waals surface area contributed by atoms with E-state index < -0.39 is 4.92 Å². The summed E-state index contributed by atoms with van der Waals surface area (Å²) in [6.45, 7) is 2.98. The molecule has 0 atom stereocenters. The minimum absolute atomic E-state index is 0.0521. The minimum Gasteiger partial charge on any atom is -0.368 e. The first-order chi connectivity index (χ1) is 14.5. The lowest BCUT2D eigenvalue weighted by molar-refractivity contribution is -0.384. The molecule has 2 heterocycles. The first kappa shape index (κ1) is 19.9. The molecular formula is C21H20ClN5O3. The van der Waals surface area contributed by atoms with Gasteiger partial charge < -0.3 is 9.80 Å². The third-order valence-corrected chi connectivity index (χ3v) is 5.53. The van der Waals surface area contributed by atoms with Crippen LogP contribution in [-0.4, -0.2) is 51.7 Å². The van der Waals surface area contributed by atoms with Gasteiger partial charge >= 0.3 is 0 Å². The molecular weight excluding hydrogens is 406 g/mol. The fourth-order valence-corrected chi connectivity index (χ4v) is 3.69. The predicted octanol–water partition coefficient (Wildman–Crippen LogP) is 3.46. The molecule has 1 saturated heterocycles. The van der Waals surface area contributed by atoms with E-state index >= 15 is 0 Å². The van der Waals surface area contributed by atoms with Crippen LogP contribution in [0.5, 0.6) is 0 Å². The average molecular weight is 426 g/mol. The summed E-state index contributed by atoms with van der Waals surface area (Å²) in [4.78, 5) is 27.2. The second kappa shape index (κ2) is 8.54. The van der Waals surface area contributed by atoms with Crippen molar-refractivity contribution in [2.75, 3.05) is 31.1 Å². The summed E-state index contributed by atoms with van der Waals surface area (Å²) in [7, 11) is 0. The number of nitro groups is 1. The van der Waals surface area contributed by atoms with Crippen molar-refractivity contribution in [1.29, 1.82) is 0 Å². The largest absolute Gasteiger partial charge is 0.368 e. The lowest BCUT2D eigenvalue weighted by Gasteiger charge is -2.35. The maximum absolute atomic E-state index is 12.8. The Labute approximate surface area is 178 Å². The van der Waals surface area contributed by atoms with Crippen molar-refractivity contribution in [2.45, 2.75) is 6.54 Å². The van der Waals surface area contributed by atoms with Gasteiger partial charge in [0.05, 0.1) is 23.2 Å². The van der Waals surface area contributed by atoms with E-state index in [-0.39, 0.29) is 11.6 Å². The van der Waals surface area contributed by atoms with E-state index in [4.69, 9.17) is 11.6 Å². The van der Waals surface area contributed by atoms with E-state index in [1.54, 1.807) is 34.1 Å². The van der Waals surface area contributed by atoms with E-state index in [1.807, 2.05) is 24.3 Å². The van der Waals surface area contributed by atoms with Crippen LogP contribution in [0.4, 0.5) is 11.4 Å². The number of carbonyl (C=O) groups excluding carboxylic acids is 1. The van der Waals surface area contributed by atoms with Gasteiger partial charge in [0.25, 0.3) is 11.6 Å². The highest BCUT2D eigenvalue weighted by Gasteiger charge is 2.23. The van der Waals surface area contributed by atoms with Crippen LogP contribution in [-0.2, 0) is 6.54 Å². The van der Waals surface area contributed by atoms with Crippen molar-refractivity contribution >= 4 is 28.9 Å². The highest BCUT2D eigenvalue weighted by molar-refractivity contribution is 6.31. The van der Waals surface area contributed by atoms with E-state index in [9.17, 15) is 14.9 Å². The van der Waals surface area contributed by atoms with Crippen molar-refractivity contribution in [2.24, 2.45) is 0 Å². The first-order valence-electron chi connectivity index (χ1n) is 9.56. The van der Waals surface area contributed by atoms with Gasteiger partial charge in [-0.25, -0.2) is 0 Å². The molecule has 0 spiro atoms. The summed E-state index contributed by atoms with van der Waals surface area (Å²) >= 11 is 6.20. The number of rotatable bonds is 5. The summed E-state index contributed by atoms with van der Waals surface area (Å²) in [5.41, 5.74) is 2.48. The number of piperazine rings is 1. The van der Waals surface area contributed by atoms with Gasteiger partial charge in [0.15, 0.2) is 0 Å². The zero-order chi connectivity index (χ0) is 21.1. The van der Waals surface area contributed by atoms with Crippen molar-refractivity contribution < 1.29 is 9.72 Å². The van der Waals surface area contributed by atoms with Crippen LogP contribution in [0.1, 0.15) is 15.9 Å². The van der Waals surface area contributed by atoms with Crippen LogP contribution in [0.2, 0.25) is 5.02 Å². The van der Waals surface area contributed by atoms with Gasteiger partial charge in [-0.05, 0) is 23.8 Å². The van der Waals surface area contributed by atoms with Crippen LogP contribution >= 0.6 is 11.6 Å². The van der Waals surface area contributed by atoms with Crippen molar-refractivity contribution in [1.82, 2.24) is 14.7 Å². The number of nitrogens with zero attached hydrogens (tertiary/aromatic N) is 5. The quantitative estimate of drug-likeness (QED) is 0.461. The zero-order valence-electron chi connectivity index (χ0n) is 16.1. The molecule has 0 N–H and O–H groups in total. The number of halogens is 1. The Balaban J connectivity index is 1.36. The second-order valence-electron chi connectivity index (χ2n) is 7.07. The summed E-state index contributed by atoms with van der Waals surface area (Å²) in [6.07, 6.45) is 3.33. The lowest BCUT2D eigenvalue weighted by atomic mass is 10.2. The predicted molar refractivity (Wildman–Crippen MR) is 114 cm³/mol. The molecule has 30 heavy (non-hydrogen) atoms. The molecule has 0 aliphatic carbocycles. The molecule has 4 rings (SSSR count). The van der Waals surface area contributed by atoms with Gasteiger partial charge in [0.1, 0.15) is 0 Å². The number of anilines is 1. The SMILES string of the molecule is O=C(c1cnn(Cc2ccccc2Cl)c1)N1CCN(c2ccc([N+](=O)[O-])cc2)CC1. The van der Waals surface area contributed by atoms with Crippen LogP contribution in [0.25, 0.3) is 0 Å². The van der Waals surface area contributed by atoms with Gasteiger partial charge in [-0.3, -0.25) is 19.6 Å². The molecule has 0 bridgehead atoms. The number of carbonyl (C=O) groups is 1. The zero-order valence-corrected chi connectivity index (χ0v) is 16.9.